The first kappa shape index (κ1) is 15.7. The van der Waals surface area contributed by atoms with Crippen molar-refractivity contribution in [1.29, 1.82) is 0 Å². The van der Waals surface area contributed by atoms with E-state index in [-0.39, 0.29) is 11.7 Å². The minimum absolute atomic E-state index is 0.143. The number of hydrogen-bond donors (Lipinski definition) is 0. The molecule has 3 heteroatoms. The normalized spacial score (nSPS) is 22.0. The van der Waals surface area contributed by atoms with Crippen molar-refractivity contribution in [2.45, 2.75) is 18.1 Å². The van der Waals surface area contributed by atoms with Crippen LogP contribution in [0.2, 0.25) is 0 Å². The minimum Gasteiger partial charge on any atom is -0.448 e. The Labute approximate surface area is 162 Å². The molecule has 2 aliphatic heterocycles. The van der Waals surface area contributed by atoms with Gasteiger partial charge in [-0.05, 0) is 47.2 Å². The molecule has 0 N–H and O–H groups in total. The van der Waals surface area contributed by atoms with E-state index in [1.807, 2.05) is 24.3 Å². The maximum absolute atomic E-state index is 13.5. The molecule has 0 aromatic heterocycles. The van der Waals surface area contributed by atoms with Crippen LogP contribution in [-0.4, -0.2) is 0 Å². The maximum atomic E-state index is 13.5. The molecular weight excluding hydrogens is 351 g/mol. The fourth-order valence-corrected chi connectivity index (χ4v) is 4.62. The second kappa shape index (κ2) is 5.59. The van der Waals surface area contributed by atoms with Gasteiger partial charge in [-0.25, -0.2) is 4.39 Å². The van der Waals surface area contributed by atoms with Crippen LogP contribution >= 0.6 is 0 Å². The van der Waals surface area contributed by atoms with Gasteiger partial charge in [-0.1, -0.05) is 48.5 Å². The topological polar surface area (TPSA) is 18.5 Å². The second-order valence-electron chi connectivity index (χ2n) is 7.46. The fraction of sp³-hybridized carbons (Fsp3) is 0.120. The standard InChI is InChI=1S/C25H17FO2/c26-18-12-10-17(11-13-18)25-15-21(20-7-3-4-8-22(20)27-25)24-19-6-2-1-5-16(19)9-14-23(24)28-25/h1-14,21H,15H2/t21-,25-/m0/s1. The lowest BCUT2D eigenvalue weighted by Crippen LogP contribution is -2.46. The van der Waals surface area contributed by atoms with Crippen LogP contribution < -0.4 is 9.47 Å². The van der Waals surface area contributed by atoms with Crippen LogP contribution in [-0.2, 0) is 5.79 Å². The average molecular weight is 368 g/mol. The van der Waals surface area contributed by atoms with Crippen LogP contribution in [0.1, 0.15) is 29.0 Å². The van der Waals surface area contributed by atoms with Gasteiger partial charge < -0.3 is 9.47 Å². The first-order valence-electron chi connectivity index (χ1n) is 9.48. The summed E-state index contributed by atoms with van der Waals surface area (Å²) >= 11 is 0. The molecule has 0 saturated carbocycles. The molecule has 0 spiro atoms. The van der Waals surface area contributed by atoms with E-state index in [1.165, 1.54) is 34.0 Å². The molecule has 0 radical (unpaired) electrons. The Balaban J connectivity index is 1.64. The van der Waals surface area contributed by atoms with E-state index in [2.05, 4.69) is 36.4 Å². The van der Waals surface area contributed by atoms with Crippen molar-refractivity contribution in [3.05, 3.63) is 107 Å². The van der Waals surface area contributed by atoms with Gasteiger partial charge in [-0.3, -0.25) is 0 Å². The van der Waals surface area contributed by atoms with Crippen molar-refractivity contribution in [1.82, 2.24) is 0 Å². The third-order valence-corrected chi connectivity index (χ3v) is 5.88. The van der Waals surface area contributed by atoms with Gasteiger partial charge in [0.25, 0.3) is 5.79 Å². The molecule has 0 aliphatic carbocycles. The van der Waals surface area contributed by atoms with Crippen molar-refractivity contribution >= 4 is 10.8 Å². The van der Waals surface area contributed by atoms with E-state index in [1.54, 1.807) is 12.1 Å². The lowest BCUT2D eigenvalue weighted by atomic mass is 9.77. The zero-order chi connectivity index (χ0) is 18.7. The quantitative estimate of drug-likeness (QED) is 0.402. The number of ether oxygens (including phenoxy) is 2. The zero-order valence-corrected chi connectivity index (χ0v) is 15.1. The van der Waals surface area contributed by atoms with Crippen molar-refractivity contribution < 1.29 is 13.9 Å². The first-order valence-corrected chi connectivity index (χ1v) is 9.48. The van der Waals surface area contributed by atoms with E-state index >= 15 is 0 Å². The highest BCUT2D eigenvalue weighted by Crippen LogP contribution is 2.56. The van der Waals surface area contributed by atoms with Crippen LogP contribution in [0.5, 0.6) is 11.5 Å². The van der Waals surface area contributed by atoms with Crippen LogP contribution in [0, 0.1) is 5.82 Å². The third-order valence-electron chi connectivity index (χ3n) is 5.88. The van der Waals surface area contributed by atoms with E-state index in [9.17, 15) is 4.39 Å². The van der Waals surface area contributed by atoms with Crippen LogP contribution in [0.3, 0.4) is 0 Å². The molecule has 6 rings (SSSR count). The Hall–Kier alpha value is -3.33. The van der Waals surface area contributed by atoms with Crippen molar-refractivity contribution in [3.8, 4) is 11.5 Å². The molecule has 4 aromatic carbocycles. The maximum Gasteiger partial charge on any atom is 0.278 e. The lowest BCUT2D eigenvalue weighted by Gasteiger charge is -2.46. The Kier molecular flexibility index (Phi) is 3.13. The molecule has 136 valence electrons. The van der Waals surface area contributed by atoms with Gasteiger partial charge in [0.1, 0.15) is 17.3 Å². The molecule has 0 unspecified atom stereocenters. The van der Waals surface area contributed by atoms with E-state index < -0.39 is 5.79 Å². The SMILES string of the molecule is Fc1ccc([C@@]23C[C@@H](c4ccccc4O2)c2c(ccc4ccccc24)O3)cc1. The summed E-state index contributed by atoms with van der Waals surface area (Å²) in [5.74, 6) is 0.567. The lowest BCUT2D eigenvalue weighted by molar-refractivity contribution is -0.148. The largest absolute Gasteiger partial charge is 0.448 e. The number of halogens is 1. The average Bonchev–Trinajstić information content (AvgIpc) is 2.73. The predicted octanol–water partition coefficient (Wildman–Crippen LogP) is 6.14. The summed E-state index contributed by atoms with van der Waals surface area (Å²) in [6, 6.07) is 27.1. The molecule has 28 heavy (non-hydrogen) atoms. The summed E-state index contributed by atoms with van der Waals surface area (Å²) < 4.78 is 26.5. The molecule has 2 aliphatic rings. The van der Waals surface area contributed by atoms with Gasteiger partial charge in [0, 0.05) is 29.0 Å². The molecule has 2 bridgehead atoms. The number of benzene rings is 4. The number of rotatable bonds is 1. The van der Waals surface area contributed by atoms with Gasteiger partial charge in [0.15, 0.2) is 0 Å². The first-order chi connectivity index (χ1) is 13.7. The predicted molar refractivity (Wildman–Crippen MR) is 106 cm³/mol. The van der Waals surface area contributed by atoms with Gasteiger partial charge in [0.2, 0.25) is 0 Å². The Morgan fingerprint density at radius 3 is 2.39 bits per heavy atom. The number of fused-ring (bicyclic) bond motifs is 8. The molecule has 0 saturated heterocycles. The molecule has 0 fully saturated rings. The van der Waals surface area contributed by atoms with Crippen LogP contribution in [0.25, 0.3) is 10.8 Å². The molecule has 2 atom stereocenters. The number of para-hydroxylation sites is 1. The van der Waals surface area contributed by atoms with E-state index in [0.717, 1.165) is 17.1 Å². The highest BCUT2D eigenvalue weighted by molar-refractivity contribution is 5.89. The van der Waals surface area contributed by atoms with Crippen molar-refractivity contribution in [2.24, 2.45) is 0 Å². The number of hydrogen-bond acceptors (Lipinski definition) is 2. The second-order valence-corrected chi connectivity index (χ2v) is 7.46. The van der Waals surface area contributed by atoms with Gasteiger partial charge >= 0.3 is 0 Å². The Bertz CT molecular complexity index is 1210. The van der Waals surface area contributed by atoms with E-state index in [4.69, 9.17) is 9.47 Å². The minimum atomic E-state index is -0.956. The van der Waals surface area contributed by atoms with Crippen LogP contribution in [0.4, 0.5) is 4.39 Å². The molecule has 2 heterocycles. The summed E-state index contributed by atoms with van der Waals surface area (Å²) in [6.07, 6.45) is 0.649. The highest BCUT2D eigenvalue weighted by Gasteiger charge is 2.50. The monoisotopic (exact) mass is 368 g/mol. The molecule has 4 aromatic rings. The zero-order valence-electron chi connectivity index (χ0n) is 15.1. The Morgan fingerprint density at radius 2 is 1.50 bits per heavy atom. The smallest absolute Gasteiger partial charge is 0.278 e. The van der Waals surface area contributed by atoms with Gasteiger partial charge in [0.05, 0.1) is 0 Å². The summed E-state index contributed by atoms with van der Waals surface area (Å²) in [5, 5.41) is 2.40. The fourth-order valence-electron chi connectivity index (χ4n) is 4.62. The van der Waals surface area contributed by atoms with Crippen molar-refractivity contribution in [2.75, 3.05) is 0 Å². The van der Waals surface area contributed by atoms with Crippen LogP contribution in [0.15, 0.2) is 84.9 Å². The third kappa shape index (κ3) is 2.13. The van der Waals surface area contributed by atoms with Gasteiger partial charge in [-0.15, -0.1) is 0 Å². The summed E-state index contributed by atoms with van der Waals surface area (Å²) in [4.78, 5) is 0. The molecule has 0 amide bonds. The Morgan fingerprint density at radius 1 is 0.750 bits per heavy atom. The summed E-state index contributed by atoms with van der Waals surface area (Å²) in [6.45, 7) is 0. The van der Waals surface area contributed by atoms with Gasteiger partial charge in [-0.2, -0.15) is 0 Å². The summed E-state index contributed by atoms with van der Waals surface area (Å²) in [7, 11) is 0. The van der Waals surface area contributed by atoms with Crippen molar-refractivity contribution in [3.63, 3.8) is 0 Å². The summed E-state index contributed by atoms with van der Waals surface area (Å²) in [5.41, 5.74) is 3.19. The molecular formula is C25H17FO2. The molecule has 2 nitrogen and oxygen atoms in total. The highest BCUT2D eigenvalue weighted by atomic mass is 19.1. The van der Waals surface area contributed by atoms with E-state index in [0.29, 0.717) is 6.42 Å².